The fourth-order valence-electron chi connectivity index (χ4n) is 4.90. The third kappa shape index (κ3) is 3.94. The van der Waals surface area contributed by atoms with Crippen LogP contribution in [0.4, 0.5) is 14.9 Å². The molecule has 0 atom stereocenters. The highest BCUT2D eigenvalue weighted by Crippen LogP contribution is 2.35. The minimum absolute atomic E-state index is 0.155. The van der Waals surface area contributed by atoms with E-state index in [9.17, 15) is 17.6 Å². The molecule has 8 nitrogen and oxygen atoms in total. The monoisotopic (exact) mass is 486 g/mol. The average Bonchev–Trinajstić information content (AvgIpc) is 3.22. The van der Waals surface area contributed by atoms with Crippen LogP contribution in [0.25, 0.3) is 11.1 Å². The van der Waals surface area contributed by atoms with Gasteiger partial charge < -0.3 is 9.32 Å². The normalized spacial score (nSPS) is 18.3. The summed E-state index contributed by atoms with van der Waals surface area (Å²) in [4.78, 5) is 20.2. The van der Waals surface area contributed by atoms with E-state index in [2.05, 4.69) is 4.98 Å². The number of carbonyl (C=O) groups is 1. The van der Waals surface area contributed by atoms with Crippen molar-refractivity contribution in [1.82, 2.24) is 14.2 Å². The highest BCUT2D eigenvalue weighted by atomic mass is 32.2. The second-order valence-corrected chi connectivity index (χ2v) is 11.3. The molecule has 0 radical (unpaired) electrons. The maximum Gasteiger partial charge on any atom is 0.324 e. The smallest absolute Gasteiger partial charge is 0.324 e. The Kier molecular flexibility index (Phi) is 5.81. The first-order valence-corrected chi connectivity index (χ1v) is 12.9. The highest BCUT2D eigenvalue weighted by molar-refractivity contribution is 7.89. The van der Waals surface area contributed by atoms with Gasteiger partial charge in [-0.25, -0.2) is 21.9 Å². The van der Waals surface area contributed by atoms with Gasteiger partial charge in [0, 0.05) is 50.7 Å². The van der Waals surface area contributed by atoms with Crippen LogP contribution < -0.4 is 4.90 Å². The Morgan fingerprint density at radius 3 is 2.65 bits per heavy atom. The van der Waals surface area contributed by atoms with Crippen LogP contribution in [0, 0.1) is 12.7 Å². The Balaban J connectivity index is 1.19. The van der Waals surface area contributed by atoms with E-state index in [-0.39, 0.29) is 30.9 Å². The van der Waals surface area contributed by atoms with Crippen LogP contribution in [0.1, 0.15) is 29.9 Å². The lowest BCUT2D eigenvalue weighted by Crippen LogP contribution is -2.62. The minimum atomic E-state index is -3.50. The number of amides is 2. The molecule has 180 valence electrons. The molecule has 10 heteroatoms. The largest absolute Gasteiger partial charge is 0.462 e. The molecular formula is C24H27FN4O4S. The fourth-order valence-corrected chi connectivity index (χ4v) is 6.78. The summed E-state index contributed by atoms with van der Waals surface area (Å²) in [6.07, 6.45) is 4.87. The quantitative estimate of drug-likeness (QED) is 0.561. The van der Waals surface area contributed by atoms with Crippen molar-refractivity contribution in [2.45, 2.75) is 30.9 Å². The van der Waals surface area contributed by atoms with Crippen molar-refractivity contribution >= 4 is 32.8 Å². The summed E-state index contributed by atoms with van der Waals surface area (Å²) in [5.74, 6) is -0.159. The molecule has 2 saturated heterocycles. The van der Waals surface area contributed by atoms with Crippen molar-refractivity contribution in [3.8, 4) is 0 Å². The Morgan fingerprint density at radius 1 is 1.21 bits per heavy atom. The Morgan fingerprint density at radius 2 is 1.94 bits per heavy atom. The Labute approximate surface area is 198 Å². The molecule has 0 bridgehead atoms. The van der Waals surface area contributed by atoms with Crippen LogP contribution in [0.2, 0.25) is 0 Å². The first-order chi connectivity index (χ1) is 16.3. The molecule has 2 fully saturated rings. The van der Waals surface area contributed by atoms with E-state index in [4.69, 9.17) is 4.42 Å². The molecule has 4 heterocycles. The molecule has 2 amide bonds. The summed E-state index contributed by atoms with van der Waals surface area (Å²) >= 11 is 0. The number of hydrogen-bond donors (Lipinski definition) is 0. The predicted octanol–water partition coefficient (Wildman–Crippen LogP) is 3.73. The number of piperidine rings is 1. The lowest BCUT2D eigenvalue weighted by atomic mass is 9.91. The Hall–Kier alpha value is -2.98. The number of carbonyl (C=O) groups excluding carboxylic acids is 1. The molecule has 5 rings (SSSR count). The second kappa shape index (κ2) is 8.66. The Bertz CT molecular complexity index is 1330. The van der Waals surface area contributed by atoms with Crippen LogP contribution in [0.15, 0.2) is 47.2 Å². The van der Waals surface area contributed by atoms with Gasteiger partial charge in [0.1, 0.15) is 16.6 Å². The summed E-state index contributed by atoms with van der Waals surface area (Å²) < 4.78 is 46.9. The van der Waals surface area contributed by atoms with Crippen molar-refractivity contribution in [2.75, 3.05) is 38.1 Å². The number of likely N-dealkylation sites (tertiary alicyclic amines) is 1. The maximum atomic E-state index is 13.4. The first kappa shape index (κ1) is 22.8. The number of urea groups is 1. The standard InChI is InChI=1S/C24H27FN4O4S/c1-16-12-18(25)5-6-21(16)27(2)24(30)28-13-19(14-28)34(31,32)29-10-7-17(8-11-29)20-15-33-22-4-3-9-26-23(20)22/h3-6,9,12,15,17,19H,7-8,10-11,13-14H2,1-2H3. The van der Waals surface area contributed by atoms with Gasteiger partial charge in [-0.05, 0) is 61.6 Å². The van der Waals surface area contributed by atoms with Crippen LogP contribution >= 0.6 is 0 Å². The number of aryl methyl sites for hydroxylation is 1. The van der Waals surface area contributed by atoms with Gasteiger partial charge in [-0.3, -0.25) is 9.88 Å². The third-order valence-corrected chi connectivity index (χ3v) is 9.18. The molecule has 0 aliphatic carbocycles. The van der Waals surface area contributed by atoms with Crippen LogP contribution in [-0.2, 0) is 10.0 Å². The highest BCUT2D eigenvalue weighted by Gasteiger charge is 2.44. The van der Waals surface area contributed by atoms with Gasteiger partial charge in [0.15, 0.2) is 5.58 Å². The number of fused-ring (bicyclic) bond motifs is 1. The summed E-state index contributed by atoms with van der Waals surface area (Å²) in [5.41, 5.74) is 3.86. The number of anilines is 1. The van der Waals surface area contributed by atoms with Crippen molar-refractivity contribution in [3.63, 3.8) is 0 Å². The van der Waals surface area contributed by atoms with Gasteiger partial charge in [0.2, 0.25) is 10.0 Å². The predicted molar refractivity (Wildman–Crippen MR) is 127 cm³/mol. The number of halogens is 1. The van der Waals surface area contributed by atoms with E-state index in [1.165, 1.54) is 21.9 Å². The van der Waals surface area contributed by atoms with E-state index in [0.717, 1.165) is 16.7 Å². The van der Waals surface area contributed by atoms with Gasteiger partial charge >= 0.3 is 6.03 Å². The molecule has 3 aromatic rings. The van der Waals surface area contributed by atoms with Gasteiger partial charge in [0.25, 0.3) is 0 Å². The topological polar surface area (TPSA) is 87.0 Å². The molecule has 0 unspecified atom stereocenters. The molecule has 1 aromatic carbocycles. The number of hydrogen-bond acceptors (Lipinski definition) is 5. The molecule has 0 saturated carbocycles. The number of aromatic nitrogens is 1. The van der Waals surface area contributed by atoms with E-state index in [0.29, 0.717) is 37.2 Å². The maximum absolute atomic E-state index is 13.4. The van der Waals surface area contributed by atoms with Crippen LogP contribution in [0.5, 0.6) is 0 Å². The lowest BCUT2D eigenvalue weighted by molar-refractivity contribution is 0.174. The number of rotatable bonds is 4. The number of furan rings is 1. The number of pyridine rings is 1. The van der Waals surface area contributed by atoms with Crippen molar-refractivity contribution in [3.05, 3.63) is 59.7 Å². The summed E-state index contributed by atoms with van der Waals surface area (Å²) in [5, 5.41) is -0.605. The van der Waals surface area contributed by atoms with E-state index >= 15 is 0 Å². The second-order valence-electron chi connectivity index (χ2n) is 9.06. The van der Waals surface area contributed by atoms with E-state index in [1.807, 2.05) is 12.1 Å². The van der Waals surface area contributed by atoms with Crippen LogP contribution in [0.3, 0.4) is 0 Å². The van der Waals surface area contributed by atoms with Crippen molar-refractivity contribution in [1.29, 1.82) is 0 Å². The van der Waals surface area contributed by atoms with E-state index < -0.39 is 15.3 Å². The van der Waals surface area contributed by atoms with Gasteiger partial charge in [-0.1, -0.05) is 0 Å². The summed E-state index contributed by atoms with van der Waals surface area (Å²) in [7, 11) is -1.88. The zero-order chi connectivity index (χ0) is 24.0. The molecule has 0 N–H and O–H groups in total. The zero-order valence-corrected chi connectivity index (χ0v) is 20.0. The molecule has 2 aliphatic rings. The summed E-state index contributed by atoms with van der Waals surface area (Å²) in [6, 6.07) is 7.65. The van der Waals surface area contributed by atoms with Gasteiger partial charge in [-0.15, -0.1) is 0 Å². The average molecular weight is 487 g/mol. The number of benzene rings is 1. The van der Waals surface area contributed by atoms with E-state index in [1.54, 1.807) is 36.8 Å². The van der Waals surface area contributed by atoms with Gasteiger partial charge in [-0.2, -0.15) is 0 Å². The molecule has 2 aromatic heterocycles. The molecular weight excluding hydrogens is 459 g/mol. The number of sulfonamides is 1. The number of nitrogens with zero attached hydrogens (tertiary/aromatic N) is 4. The lowest BCUT2D eigenvalue weighted by Gasteiger charge is -2.43. The molecule has 34 heavy (non-hydrogen) atoms. The fraction of sp³-hybridized carbons (Fsp3) is 0.417. The van der Waals surface area contributed by atoms with Gasteiger partial charge in [0.05, 0.1) is 6.26 Å². The third-order valence-electron chi connectivity index (χ3n) is 6.96. The molecule has 2 aliphatic heterocycles. The summed E-state index contributed by atoms with van der Waals surface area (Å²) in [6.45, 7) is 2.92. The van der Waals surface area contributed by atoms with Crippen molar-refractivity contribution in [2.24, 2.45) is 0 Å². The zero-order valence-electron chi connectivity index (χ0n) is 19.1. The minimum Gasteiger partial charge on any atom is -0.462 e. The van der Waals surface area contributed by atoms with Crippen LogP contribution in [-0.4, -0.2) is 67.1 Å². The SMILES string of the molecule is Cc1cc(F)ccc1N(C)C(=O)N1CC(S(=O)(=O)N2CCC(c3coc4cccnc34)CC2)C1. The molecule has 0 spiro atoms. The first-order valence-electron chi connectivity index (χ1n) is 11.4. The van der Waals surface area contributed by atoms with Crippen molar-refractivity contribution < 1.29 is 22.0 Å².